The topological polar surface area (TPSA) is 219 Å². The Morgan fingerprint density at radius 2 is 1.54 bits per heavy atom. The predicted molar refractivity (Wildman–Crippen MR) is 136 cm³/mol. The van der Waals surface area contributed by atoms with Crippen molar-refractivity contribution in [3.05, 3.63) is 0 Å². The van der Waals surface area contributed by atoms with Gasteiger partial charge in [0.15, 0.2) is 18.5 Å². The molecule has 4 amide bonds. The Hall–Kier alpha value is -3.79. The van der Waals surface area contributed by atoms with Gasteiger partial charge in [-0.2, -0.15) is 0 Å². The van der Waals surface area contributed by atoms with Gasteiger partial charge in [0.25, 0.3) is 0 Å². The van der Waals surface area contributed by atoms with E-state index in [1.807, 2.05) is 0 Å². The van der Waals surface area contributed by atoms with Gasteiger partial charge in [0.2, 0.25) is 23.6 Å². The van der Waals surface area contributed by atoms with E-state index in [2.05, 4.69) is 10.6 Å². The first-order chi connectivity index (χ1) is 19.1. The monoisotopic (exact) mass is 586 g/mol. The van der Waals surface area contributed by atoms with E-state index in [1.165, 1.54) is 25.7 Å². The molecule has 0 bridgehead atoms. The minimum atomic E-state index is -1.47. The number of carbonyl (C=O) groups is 7. The van der Waals surface area contributed by atoms with Crippen LogP contribution in [-0.4, -0.2) is 108 Å². The first-order valence-electron chi connectivity index (χ1n) is 13.0. The number of hydrogen-bond acceptors (Lipinski definition) is 12. The quantitative estimate of drug-likeness (QED) is 0.177. The molecule has 0 saturated carbocycles. The average Bonchev–Trinajstić information content (AvgIpc) is 3.34. The standard InChI is InChI=1S/C25H38N4O12/c1-11(19(27-12(2)30)24(36)29-9-7-8-17(29)23(26)35)38-25-20(28-13(3)31)22(40-16(6)34)21(39-15(5)33)18(41-25)10-37-14(4)32/h11,17-22,25H,7-10H2,1-6H3,(H2,26,35)(H,27,30)(H,28,31)/t11-,17+,18-,19+,20-,21+,22-,25+/m1/s1. The zero-order valence-corrected chi connectivity index (χ0v) is 23.9. The number of amides is 4. The van der Waals surface area contributed by atoms with Crippen molar-refractivity contribution < 1.29 is 57.2 Å². The van der Waals surface area contributed by atoms with Gasteiger partial charge in [-0.25, -0.2) is 0 Å². The van der Waals surface area contributed by atoms with Crippen molar-refractivity contribution in [1.82, 2.24) is 15.5 Å². The maximum atomic E-state index is 13.5. The molecule has 4 N–H and O–H groups in total. The van der Waals surface area contributed by atoms with Crippen molar-refractivity contribution in [1.29, 1.82) is 0 Å². The summed E-state index contributed by atoms with van der Waals surface area (Å²) in [4.78, 5) is 86.4. The highest BCUT2D eigenvalue weighted by atomic mass is 16.7. The summed E-state index contributed by atoms with van der Waals surface area (Å²) >= 11 is 0. The van der Waals surface area contributed by atoms with Crippen LogP contribution in [0, 0.1) is 0 Å². The minimum Gasteiger partial charge on any atom is -0.463 e. The molecule has 0 unspecified atom stereocenters. The van der Waals surface area contributed by atoms with E-state index < -0.39 is 97.0 Å². The Labute approximate surface area is 236 Å². The number of likely N-dealkylation sites (tertiary alicyclic amines) is 1. The smallest absolute Gasteiger partial charge is 0.303 e. The molecule has 16 nitrogen and oxygen atoms in total. The number of carbonyl (C=O) groups excluding carboxylic acids is 7. The summed E-state index contributed by atoms with van der Waals surface area (Å²) in [5, 5.41) is 5.07. The first-order valence-corrected chi connectivity index (χ1v) is 13.0. The molecule has 2 heterocycles. The number of ether oxygens (including phenoxy) is 5. The highest BCUT2D eigenvalue weighted by Gasteiger charge is 2.52. The number of nitrogens with one attached hydrogen (secondary N) is 2. The molecule has 2 aliphatic heterocycles. The van der Waals surface area contributed by atoms with E-state index in [9.17, 15) is 33.6 Å². The van der Waals surface area contributed by atoms with Gasteiger partial charge in [-0.15, -0.1) is 0 Å². The van der Waals surface area contributed by atoms with E-state index in [0.29, 0.717) is 12.8 Å². The normalized spacial score (nSPS) is 27.1. The van der Waals surface area contributed by atoms with Crippen molar-refractivity contribution in [3.8, 4) is 0 Å². The Morgan fingerprint density at radius 1 is 0.927 bits per heavy atom. The summed E-state index contributed by atoms with van der Waals surface area (Å²) in [6.45, 7) is 6.94. The van der Waals surface area contributed by atoms with Crippen molar-refractivity contribution >= 4 is 41.5 Å². The van der Waals surface area contributed by atoms with Crippen LogP contribution in [0.25, 0.3) is 0 Å². The lowest BCUT2D eigenvalue weighted by Crippen LogP contribution is -2.67. The Morgan fingerprint density at radius 3 is 2.05 bits per heavy atom. The van der Waals surface area contributed by atoms with Gasteiger partial charge in [-0.3, -0.25) is 33.6 Å². The van der Waals surface area contributed by atoms with Crippen LogP contribution in [0.1, 0.15) is 54.4 Å². The van der Waals surface area contributed by atoms with E-state index >= 15 is 0 Å². The molecule has 0 aliphatic carbocycles. The fraction of sp³-hybridized carbons (Fsp3) is 0.720. The molecule has 2 aliphatic rings. The van der Waals surface area contributed by atoms with Gasteiger partial charge >= 0.3 is 17.9 Å². The second-order valence-electron chi connectivity index (χ2n) is 9.83. The average molecular weight is 587 g/mol. The molecule has 2 rings (SSSR count). The van der Waals surface area contributed by atoms with Crippen LogP contribution in [0.2, 0.25) is 0 Å². The molecule has 8 atom stereocenters. The van der Waals surface area contributed by atoms with Gasteiger partial charge in [0.1, 0.15) is 30.8 Å². The van der Waals surface area contributed by atoms with E-state index in [-0.39, 0.29) is 6.54 Å². The summed E-state index contributed by atoms with van der Waals surface area (Å²) in [6.07, 6.45) is -5.69. The minimum absolute atomic E-state index is 0.229. The van der Waals surface area contributed by atoms with Crippen LogP contribution in [0.3, 0.4) is 0 Å². The zero-order chi connectivity index (χ0) is 31.0. The number of nitrogens with two attached hydrogens (primary N) is 1. The van der Waals surface area contributed by atoms with Crippen LogP contribution in [0.4, 0.5) is 0 Å². The first kappa shape index (κ1) is 33.4. The van der Waals surface area contributed by atoms with E-state index in [4.69, 9.17) is 29.4 Å². The molecule has 2 fully saturated rings. The Bertz CT molecular complexity index is 1040. The zero-order valence-electron chi connectivity index (χ0n) is 23.9. The number of hydrogen-bond donors (Lipinski definition) is 3. The summed E-state index contributed by atoms with van der Waals surface area (Å²) in [5.41, 5.74) is 5.46. The summed E-state index contributed by atoms with van der Waals surface area (Å²) in [7, 11) is 0. The molecule has 0 aromatic carbocycles. The SMILES string of the molecule is CC(=O)N[C@H]1[C@@H](O[C@H](C)[C@H](NC(C)=O)C(=O)N2CCC[C@H]2C(N)=O)O[C@H](COC(C)=O)[C@H](OC(C)=O)[C@@H]1OC(C)=O. The molecular formula is C25H38N4O12. The summed E-state index contributed by atoms with van der Waals surface area (Å²) in [5.74, 6) is -4.73. The van der Waals surface area contributed by atoms with Crippen molar-refractivity contribution in [2.75, 3.05) is 13.2 Å². The highest BCUT2D eigenvalue weighted by molar-refractivity contribution is 5.92. The largest absolute Gasteiger partial charge is 0.463 e. The van der Waals surface area contributed by atoms with Gasteiger partial charge in [-0.05, 0) is 19.8 Å². The maximum absolute atomic E-state index is 13.5. The van der Waals surface area contributed by atoms with E-state index in [0.717, 1.165) is 20.8 Å². The second kappa shape index (κ2) is 14.7. The number of nitrogens with zero attached hydrogens (tertiary/aromatic N) is 1. The molecule has 2 saturated heterocycles. The third-order valence-electron chi connectivity index (χ3n) is 6.38. The van der Waals surface area contributed by atoms with Crippen LogP contribution in [0.15, 0.2) is 0 Å². The fourth-order valence-corrected chi connectivity index (χ4v) is 4.80. The molecule has 16 heteroatoms. The number of esters is 3. The second-order valence-corrected chi connectivity index (χ2v) is 9.83. The third kappa shape index (κ3) is 9.38. The lowest BCUT2D eigenvalue weighted by molar-refractivity contribution is -0.287. The van der Waals surface area contributed by atoms with Gasteiger partial charge in [0, 0.05) is 41.2 Å². The summed E-state index contributed by atoms with van der Waals surface area (Å²) < 4.78 is 27.9. The maximum Gasteiger partial charge on any atom is 0.303 e. The van der Waals surface area contributed by atoms with Crippen LogP contribution < -0.4 is 16.4 Å². The molecule has 0 spiro atoms. The van der Waals surface area contributed by atoms with Gasteiger partial charge < -0.3 is 45.0 Å². The van der Waals surface area contributed by atoms with E-state index in [1.54, 1.807) is 0 Å². The highest BCUT2D eigenvalue weighted by Crippen LogP contribution is 2.29. The molecule has 230 valence electrons. The van der Waals surface area contributed by atoms with Crippen LogP contribution in [-0.2, 0) is 57.2 Å². The van der Waals surface area contributed by atoms with Crippen molar-refractivity contribution in [2.24, 2.45) is 5.73 Å². The Balaban J connectivity index is 2.47. The number of rotatable bonds is 11. The summed E-state index contributed by atoms with van der Waals surface area (Å²) in [6, 6.07) is -3.47. The van der Waals surface area contributed by atoms with Crippen molar-refractivity contribution in [3.63, 3.8) is 0 Å². The fourth-order valence-electron chi connectivity index (χ4n) is 4.80. The van der Waals surface area contributed by atoms with Crippen molar-refractivity contribution in [2.45, 2.75) is 103 Å². The number of primary amides is 1. The third-order valence-corrected chi connectivity index (χ3v) is 6.38. The molecule has 0 radical (unpaired) electrons. The Kier molecular flexibility index (Phi) is 12.0. The molecule has 0 aromatic rings. The molecule has 41 heavy (non-hydrogen) atoms. The molecule has 0 aromatic heterocycles. The van der Waals surface area contributed by atoms with Gasteiger partial charge in [0.05, 0.1) is 6.10 Å². The predicted octanol–water partition coefficient (Wildman–Crippen LogP) is -1.97. The lowest BCUT2D eigenvalue weighted by atomic mass is 9.95. The molecular weight excluding hydrogens is 548 g/mol. The van der Waals surface area contributed by atoms with Crippen LogP contribution >= 0.6 is 0 Å². The van der Waals surface area contributed by atoms with Crippen LogP contribution in [0.5, 0.6) is 0 Å². The van der Waals surface area contributed by atoms with Gasteiger partial charge in [-0.1, -0.05) is 0 Å². The lowest BCUT2D eigenvalue weighted by Gasteiger charge is -2.46.